The van der Waals surface area contributed by atoms with E-state index in [1.165, 1.54) is 41.3 Å². The van der Waals surface area contributed by atoms with E-state index < -0.39 is 34.3 Å². The Labute approximate surface area is 242 Å². The van der Waals surface area contributed by atoms with E-state index in [-0.39, 0.29) is 29.1 Å². The van der Waals surface area contributed by atoms with Gasteiger partial charge in [-0.15, -0.1) is 0 Å². The predicted molar refractivity (Wildman–Crippen MR) is 158 cm³/mol. The quantitative estimate of drug-likeness (QED) is 0.294. The Hall–Kier alpha value is -3.92. The molecule has 41 heavy (non-hydrogen) atoms. The van der Waals surface area contributed by atoms with Crippen LogP contribution >= 0.6 is 0 Å². The maximum Gasteiger partial charge on any atom is 0.264 e. The van der Waals surface area contributed by atoms with E-state index >= 15 is 0 Å². The molecule has 0 radical (unpaired) electrons. The summed E-state index contributed by atoms with van der Waals surface area (Å²) in [6, 6.07) is 19.4. The number of carbonyl (C=O) groups is 2. The summed E-state index contributed by atoms with van der Waals surface area (Å²) in [4.78, 5) is 28.5. The lowest BCUT2D eigenvalue weighted by molar-refractivity contribution is -0.139. The van der Waals surface area contributed by atoms with Crippen LogP contribution in [0, 0.1) is 5.82 Å². The molecule has 0 saturated heterocycles. The first-order valence-corrected chi connectivity index (χ1v) is 15.2. The minimum atomic E-state index is -4.26. The van der Waals surface area contributed by atoms with E-state index in [0.717, 1.165) is 22.0 Å². The molecule has 0 aliphatic heterocycles. The lowest BCUT2D eigenvalue weighted by Gasteiger charge is -2.33. The second-order valence-electron chi connectivity index (χ2n) is 9.80. The molecule has 3 rings (SSSR count). The molecule has 0 saturated carbocycles. The summed E-state index contributed by atoms with van der Waals surface area (Å²) >= 11 is 0. The fourth-order valence-electron chi connectivity index (χ4n) is 4.41. The van der Waals surface area contributed by atoms with Crippen molar-refractivity contribution in [2.75, 3.05) is 24.0 Å². The summed E-state index contributed by atoms with van der Waals surface area (Å²) in [7, 11) is -4.26. The van der Waals surface area contributed by atoms with Gasteiger partial charge < -0.3 is 15.0 Å². The van der Waals surface area contributed by atoms with E-state index in [1.807, 2.05) is 58.0 Å². The fraction of sp³-hybridized carbons (Fsp3) is 0.355. The fourth-order valence-corrected chi connectivity index (χ4v) is 5.83. The van der Waals surface area contributed by atoms with Gasteiger partial charge in [0.25, 0.3) is 10.0 Å². The Kier molecular flexibility index (Phi) is 11.3. The molecule has 1 unspecified atom stereocenters. The second kappa shape index (κ2) is 14.6. The third kappa shape index (κ3) is 8.53. The molecule has 1 N–H and O–H groups in total. The number of nitrogens with one attached hydrogen (secondary N) is 1. The average Bonchev–Trinajstić information content (AvgIpc) is 2.95. The van der Waals surface area contributed by atoms with E-state index in [1.54, 1.807) is 0 Å². The first kappa shape index (κ1) is 31.6. The maximum absolute atomic E-state index is 14.0. The van der Waals surface area contributed by atoms with Crippen molar-refractivity contribution >= 4 is 27.5 Å². The van der Waals surface area contributed by atoms with Gasteiger partial charge in [0.15, 0.2) is 0 Å². The van der Waals surface area contributed by atoms with Gasteiger partial charge in [0.1, 0.15) is 24.2 Å². The van der Waals surface area contributed by atoms with Crippen molar-refractivity contribution in [2.45, 2.75) is 57.5 Å². The summed E-state index contributed by atoms with van der Waals surface area (Å²) in [5.41, 5.74) is 1.10. The van der Waals surface area contributed by atoms with E-state index in [2.05, 4.69) is 5.32 Å². The van der Waals surface area contributed by atoms with Crippen molar-refractivity contribution in [1.29, 1.82) is 0 Å². The number of ether oxygens (including phenoxy) is 1. The van der Waals surface area contributed by atoms with Crippen LogP contribution in [0.25, 0.3) is 0 Å². The lowest BCUT2D eigenvalue weighted by Crippen LogP contribution is -2.54. The molecule has 0 fully saturated rings. The zero-order valence-electron chi connectivity index (χ0n) is 23.9. The first-order chi connectivity index (χ1) is 19.6. The van der Waals surface area contributed by atoms with Crippen LogP contribution in [0.4, 0.5) is 10.1 Å². The topological polar surface area (TPSA) is 96.0 Å². The molecule has 0 bridgehead atoms. The number of anilines is 1. The summed E-state index contributed by atoms with van der Waals surface area (Å²) < 4.78 is 47.9. The van der Waals surface area contributed by atoms with Gasteiger partial charge in [-0.25, -0.2) is 12.8 Å². The van der Waals surface area contributed by atoms with Gasteiger partial charge in [0.05, 0.1) is 17.2 Å². The van der Waals surface area contributed by atoms with E-state index in [4.69, 9.17) is 4.74 Å². The Balaban J connectivity index is 2.00. The summed E-state index contributed by atoms with van der Waals surface area (Å²) in [6.45, 7) is 7.34. The van der Waals surface area contributed by atoms with Gasteiger partial charge in [-0.05, 0) is 87.7 Å². The van der Waals surface area contributed by atoms with Gasteiger partial charge in [-0.2, -0.15) is 0 Å². The van der Waals surface area contributed by atoms with Crippen LogP contribution in [0.2, 0.25) is 0 Å². The lowest BCUT2D eigenvalue weighted by atomic mass is 10.1. The van der Waals surface area contributed by atoms with Crippen LogP contribution in [-0.4, -0.2) is 56.9 Å². The van der Waals surface area contributed by atoms with Crippen LogP contribution in [0.5, 0.6) is 5.75 Å². The minimum absolute atomic E-state index is 0.0569. The van der Waals surface area contributed by atoms with Crippen molar-refractivity contribution in [3.05, 3.63) is 90.2 Å². The highest BCUT2D eigenvalue weighted by atomic mass is 32.2. The molecule has 2 amide bonds. The molecule has 0 aromatic heterocycles. The van der Waals surface area contributed by atoms with Crippen LogP contribution in [-0.2, 0) is 26.0 Å². The largest absolute Gasteiger partial charge is 0.494 e. The van der Waals surface area contributed by atoms with Crippen molar-refractivity contribution in [3.63, 3.8) is 0 Å². The van der Waals surface area contributed by atoms with Crippen molar-refractivity contribution < 1.29 is 27.1 Å². The van der Waals surface area contributed by atoms with Crippen molar-refractivity contribution in [1.82, 2.24) is 10.2 Å². The second-order valence-corrected chi connectivity index (χ2v) is 11.7. The molecule has 0 aliphatic carbocycles. The number of nitrogens with zero attached hydrogens (tertiary/aromatic N) is 2. The Bertz CT molecular complexity index is 1380. The van der Waals surface area contributed by atoms with Crippen LogP contribution in [0.3, 0.4) is 0 Å². The highest BCUT2D eigenvalue weighted by Crippen LogP contribution is 2.26. The molecule has 220 valence electrons. The average molecular weight is 584 g/mol. The maximum atomic E-state index is 14.0. The van der Waals surface area contributed by atoms with E-state index in [9.17, 15) is 22.4 Å². The van der Waals surface area contributed by atoms with Gasteiger partial charge in [-0.3, -0.25) is 13.9 Å². The number of amides is 2. The number of benzene rings is 3. The number of halogens is 1. The third-order valence-electron chi connectivity index (χ3n) is 6.42. The molecular weight excluding hydrogens is 545 g/mol. The van der Waals surface area contributed by atoms with Crippen LogP contribution in [0.1, 0.15) is 39.7 Å². The Morgan fingerprint density at radius 1 is 0.927 bits per heavy atom. The normalized spacial score (nSPS) is 12.0. The molecule has 3 aromatic carbocycles. The molecule has 8 nitrogen and oxygen atoms in total. The highest BCUT2D eigenvalue weighted by molar-refractivity contribution is 7.92. The van der Waals surface area contributed by atoms with Gasteiger partial charge in [-0.1, -0.05) is 37.3 Å². The van der Waals surface area contributed by atoms with E-state index in [0.29, 0.717) is 25.2 Å². The molecule has 0 heterocycles. The smallest absolute Gasteiger partial charge is 0.264 e. The molecule has 0 spiro atoms. The zero-order valence-corrected chi connectivity index (χ0v) is 24.7. The van der Waals surface area contributed by atoms with Gasteiger partial charge in [0.2, 0.25) is 11.8 Å². The first-order valence-electron chi connectivity index (χ1n) is 13.7. The SMILES string of the molecule is CCOc1ccc(S(=O)(=O)N(CC(=O)N(CCc2ccccc2)C(CC)C(=O)NC(C)C)c2ccc(F)cc2)cc1. The Morgan fingerprint density at radius 2 is 1.56 bits per heavy atom. The molecule has 0 aliphatic rings. The van der Waals surface area contributed by atoms with Crippen LogP contribution in [0.15, 0.2) is 83.8 Å². The summed E-state index contributed by atoms with van der Waals surface area (Å²) in [6.07, 6.45) is 0.807. The van der Waals surface area contributed by atoms with Gasteiger partial charge in [0, 0.05) is 12.6 Å². The monoisotopic (exact) mass is 583 g/mol. The van der Waals surface area contributed by atoms with Crippen molar-refractivity contribution in [3.8, 4) is 5.75 Å². The standard InChI is InChI=1S/C31H38FN3O5S/c1-5-29(31(37)33-23(3)4)34(21-20-24-10-8-7-9-11-24)30(36)22-35(26-14-12-25(32)13-15-26)41(38,39)28-18-16-27(17-19-28)40-6-2/h7-19,23,29H,5-6,20-22H2,1-4H3,(H,33,37). The molecular formula is C31H38FN3O5S. The number of carbonyl (C=O) groups excluding carboxylic acids is 2. The molecule has 1 atom stereocenters. The summed E-state index contributed by atoms with van der Waals surface area (Å²) in [5.74, 6) is -0.901. The third-order valence-corrected chi connectivity index (χ3v) is 8.21. The zero-order chi connectivity index (χ0) is 30.0. The number of hydrogen-bond donors (Lipinski definition) is 1. The van der Waals surface area contributed by atoms with Crippen molar-refractivity contribution in [2.24, 2.45) is 0 Å². The van der Waals surface area contributed by atoms with Crippen LogP contribution < -0.4 is 14.4 Å². The minimum Gasteiger partial charge on any atom is -0.494 e. The molecule has 10 heteroatoms. The summed E-state index contributed by atoms with van der Waals surface area (Å²) in [5, 5.41) is 2.87. The number of hydrogen-bond acceptors (Lipinski definition) is 5. The molecule has 3 aromatic rings. The number of sulfonamides is 1. The Morgan fingerprint density at radius 3 is 2.12 bits per heavy atom. The number of rotatable bonds is 14. The predicted octanol–water partition coefficient (Wildman–Crippen LogP) is 4.79. The highest BCUT2D eigenvalue weighted by Gasteiger charge is 2.33. The van der Waals surface area contributed by atoms with Gasteiger partial charge >= 0.3 is 0 Å².